The van der Waals surface area contributed by atoms with Crippen molar-refractivity contribution in [1.29, 1.82) is 0 Å². The van der Waals surface area contributed by atoms with Gasteiger partial charge in [-0.15, -0.1) is 0 Å². The lowest BCUT2D eigenvalue weighted by molar-refractivity contribution is 0.153. The molecule has 0 bridgehead atoms. The number of nitrogens with zero attached hydrogens (tertiary/aromatic N) is 1. The number of aryl methyl sites for hydroxylation is 2. The molecule has 1 aromatic carbocycles. The van der Waals surface area contributed by atoms with Crippen molar-refractivity contribution in [2.75, 3.05) is 0 Å². The summed E-state index contributed by atoms with van der Waals surface area (Å²) in [7, 11) is 0. The first-order chi connectivity index (χ1) is 9.75. The van der Waals surface area contributed by atoms with Crippen molar-refractivity contribution in [3.63, 3.8) is 0 Å². The fraction of sp³-hybridized carbons (Fsp3) is 0.421. The number of rotatable bonds is 5. The van der Waals surface area contributed by atoms with Crippen LogP contribution in [-0.4, -0.2) is 16.4 Å². The third-order valence-electron chi connectivity index (χ3n) is 3.66. The lowest BCUT2D eigenvalue weighted by Gasteiger charge is -2.16. The predicted octanol–water partition coefficient (Wildman–Crippen LogP) is 4.84. The molecule has 0 atom stereocenters. The summed E-state index contributed by atoms with van der Waals surface area (Å²) in [5.41, 5.74) is 4.58. The predicted molar refractivity (Wildman–Crippen MR) is 92.7 cm³/mol. The van der Waals surface area contributed by atoms with Crippen LogP contribution in [0.2, 0.25) is 0 Å². The fourth-order valence-electron chi connectivity index (χ4n) is 1.70. The monoisotopic (exact) mass is 285 g/mol. The number of aliphatic hydroxyl groups is 1. The Labute approximate surface area is 128 Å². The quantitative estimate of drug-likeness (QED) is 0.609. The number of benzene rings is 1. The Morgan fingerprint density at radius 2 is 1.90 bits per heavy atom. The Hall–Kier alpha value is -1.67. The van der Waals surface area contributed by atoms with Gasteiger partial charge in [-0.3, -0.25) is 4.99 Å². The maximum Gasteiger partial charge on any atom is 0.0967 e. The van der Waals surface area contributed by atoms with Gasteiger partial charge in [-0.05, 0) is 63.3 Å². The maximum absolute atomic E-state index is 9.95. The summed E-state index contributed by atoms with van der Waals surface area (Å²) in [4.78, 5) is 4.43. The van der Waals surface area contributed by atoms with E-state index < -0.39 is 5.60 Å². The molecule has 1 N–H and O–H groups in total. The van der Waals surface area contributed by atoms with Gasteiger partial charge in [0.25, 0.3) is 0 Å². The van der Waals surface area contributed by atoms with E-state index >= 15 is 0 Å². The van der Waals surface area contributed by atoms with Gasteiger partial charge in [-0.25, -0.2) is 0 Å². The van der Waals surface area contributed by atoms with Crippen molar-refractivity contribution in [3.8, 4) is 0 Å². The van der Waals surface area contributed by atoms with E-state index in [2.05, 4.69) is 56.1 Å². The van der Waals surface area contributed by atoms with Gasteiger partial charge in [0.15, 0.2) is 0 Å². The molecule has 1 aromatic rings. The first kappa shape index (κ1) is 17.4. The van der Waals surface area contributed by atoms with Gasteiger partial charge >= 0.3 is 0 Å². The molecular formula is C19H27NO. The molecule has 0 radical (unpaired) electrons. The van der Waals surface area contributed by atoms with Gasteiger partial charge in [0.1, 0.15) is 0 Å². The summed E-state index contributed by atoms with van der Waals surface area (Å²) in [6.07, 6.45) is 7.03. The van der Waals surface area contributed by atoms with Crippen molar-refractivity contribution in [1.82, 2.24) is 0 Å². The first-order valence-corrected chi connectivity index (χ1v) is 7.47. The van der Waals surface area contributed by atoms with Gasteiger partial charge in [-0.1, -0.05) is 37.3 Å². The summed E-state index contributed by atoms with van der Waals surface area (Å²) in [5.74, 6) is 0. The molecule has 0 amide bonds. The molecule has 0 saturated carbocycles. The van der Waals surface area contributed by atoms with E-state index in [1.807, 2.05) is 13.1 Å². The zero-order valence-electron chi connectivity index (χ0n) is 14.1. The number of allylic oxidation sites excluding steroid dienone is 3. The standard InChI is InChI=1S/C19H27NO/c1-7-8-9-18(13-20-16(4)19(5,6)21)17-11-10-14(2)15(3)12-17/h8-13,21H,7H2,1-6H3/b9-8+,18-13+,20-16?. The summed E-state index contributed by atoms with van der Waals surface area (Å²) < 4.78 is 0. The van der Waals surface area contributed by atoms with E-state index in [4.69, 9.17) is 0 Å². The molecule has 0 saturated heterocycles. The third kappa shape index (κ3) is 5.31. The lowest BCUT2D eigenvalue weighted by Crippen LogP contribution is -2.28. The molecular weight excluding hydrogens is 258 g/mol. The van der Waals surface area contributed by atoms with E-state index in [0.717, 1.165) is 17.6 Å². The lowest BCUT2D eigenvalue weighted by atomic mass is 10.0. The van der Waals surface area contributed by atoms with Crippen LogP contribution in [-0.2, 0) is 0 Å². The Morgan fingerprint density at radius 1 is 1.24 bits per heavy atom. The van der Waals surface area contributed by atoms with Crippen LogP contribution >= 0.6 is 0 Å². The third-order valence-corrected chi connectivity index (χ3v) is 3.66. The zero-order chi connectivity index (χ0) is 16.0. The SMILES string of the molecule is CC/C=C/C(=C\N=C(C)C(C)(C)O)c1ccc(C)c(C)c1. The molecule has 0 aliphatic heterocycles. The average molecular weight is 285 g/mol. The summed E-state index contributed by atoms with van der Waals surface area (Å²) >= 11 is 0. The van der Waals surface area contributed by atoms with Crippen LogP contribution in [0, 0.1) is 13.8 Å². The van der Waals surface area contributed by atoms with Gasteiger partial charge < -0.3 is 5.11 Å². The van der Waals surface area contributed by atoms with Gasteiger partial charge in [0.2, 0.25) is 0 Å². The van der Waals surface area contributed by atoms with Crippen LogP contribution in [0.4, 0.5) is 0 Å². The van der Waals surface area contributed by atoms with Crippen molar-refractivity contribution in [2.45, 2.75) is 53.6 Å². The zero-order valence-corrected chi connectivity index (χ0v) is 14.1. The van der Waals surface area contributed by atoms with Gasteiger partial charge in [-0.2, -0.15) is 0 Å². The first-order valence-electron chi connectivity index (χ1n) is 7.47. The molecule has 114 valence electrons. The molecule has 0 aliphatic carbocycles. The minimum Gasteiger partial charge on any atom is -0.385 e. The highest BCUT2D eigenvalue weighted by Gasteiger charge is 2.15. The molecule has 1 rings (SSSR count). The Balaban J connectivity index is 3.23. The van der Waals surface area contributed by atoms with Crippen molar-refractivity contribution in [3.05, 3.63) is 53.2 Å². The molecule has 21 heavy (non-hydrogen) atoms. The fourth-order valence-corrected chi connectivity index (χ4v) is 1.70. The second kappa shape index (κ2) is 7.37. The van der Waals surface area contributed by atoms with Crippen LogP contribution in [0.25, 0.3) is 5.57 Å². The average Bonchev–Trinajstić information content (AvgIpc) is 2.41. The normalized spacial score (nSPS) is 14.0. The largest absolute Gasteiger partial charge is 0.385 e. The Morgan fingerprint density at radius 3 is 2.43 bits per heavy atom. The summed E-state index contributed by atoms with van der Waals surface area (Å²) in [6, 6.07) is 6.42. The molecule has 0 heterocycles. The van der Waals surface area contributed by atoms with Crippen LogP contribution in [0.15, 0.2) is 41.5 Å². The molecule has 0 aliphatic rings. The van der Waals surface area contributed by atoms with Gasteiger partial charge in [0, 0.05) is 11.9 Å². The van der Waals surface area contributed by atoms with Crippen LogP contribution in [0.3, 0.4) is 0 Å². The molecule has 0 unspecified atom stereocenters. The second-order valence-corrected chi connectivity index (χ2v) is 5.97. The molecule has 2 heteroatoms. The van der Waals surface area contributed by atoms with Crippen LogP contribution in [0.1, 0.15) is 50.8 Å². The maximum atomic E-state index is 9.95. The van der Waals surface area contributed by atoms with E-state index in [9.17, 15) is 5.11 Å². The Bertz CT molecular complexity index is 572. The van der Waals surface area contributed by atoms with E-state index in [-0.39, 0.29) is 0 Å². The van der Waals surface area contributed by atoms with Crippen LogP contribution < -0.4 is 0 Å². The van der Waals surface area contributed by atoms with E-state index in [0.29, 0.717) is 5.71 Å². The van der Waals surface area contributed by atoms with E-state index in [1.54, 1.807) is 13.8 Å². The minimum atomic E-state index is -0.890. The number of hydrogen-bond acceptors (Lipinski definition) is 2. The molecule has 0 fully saturated rings. The van der Waals surface area contributed by atoms with Gasteiger partial charge in [0.05, 0.1) is 5.60 Å². The van der Waals surface area contributed by atoms with Crippen molar-refractivity contribution in [2.24, 2.45) is 4.99 Å². The minimum absolute atomic E-state index is 0.703. The highest BCUT2D eigenvalue weighted by Crippen LogP contribution is 2.20. The molecule has 0 spiro atoms. The Kier molecular flexibility index (Phi) is 6.10. The van der Waals surface area contributed by atoms with Crippen LogP contribution in [0.5, 0.6) is 0 Å². The number of hydrogen-bond donors (Lipinski definition) is 1. The van der Waals surface area contributed by atoms with E-state index in [1.165, 1.54) is 11.1 Å². The topological polar surface area (TPSA) is 32.6 Å². The number of aliphatic imine (C=N–C) groups is 1. The highest BCUT2D eigenvalue weighted by atomic mass is 16.3. The summed E-state index contributed by atoms with van der Waals surface area (Å²) in [5, 5.41) is 9.95. The van der Waals surface area contributed by atoms with Crippen molar-refractivity contribution < 1.29 is 5.11 Å². The van der Waals surface area contributed by atoms with Crippen molar-refractivity contribution >= 4 is 11.3 Å². The summed E-state index contributed by atoms with van der Waals surface area (Å²) in [6.45, 7) is 11.7. The highest BCUT2D eigenvalue weighted by molar-refractivity contribution is 5.90. The molecule has 0 aromatic heterocycles. The molecule has 2 nitrogen and oxygen atoms in total. The second-order valence-electron chi connectivity index (χ2n) is 5.97. The smallest absolute Gasteiger partial charge is 0.0967 e.